The fourth-order valence-corrected chi connectivity index (χ4v) is 2.16. The smallest absolute Gasteiger partial charge is 0.134 e. The minimum atomic E-state index is 0.304. The molecule has 0 bridgehead atoms. The molecule has 14 heavy (non-hydrogen) atoms. The van der Waals surface area contributed by atoms with Gasteiger partial charge >= 0.3 is 0 Å². The Morgan fingerprint density at radius 2 is 2.43 bits per heavy atom. The van der Waals surface area contributed by atoms with Gasteiger partial charge in [0.05, 0.1) is 16.8 Å². The van der Waals surface area contributed by atoms with Crippen molar-refractivity contribution >= 4 is 15.9 Å². The summed E-state index contributed by atoms with van der Waals surface area (Å²) in [4.78, 5) is 0. The Balaban J connectivity index is 1.76. The van der Waals surface area contributed by atoms with Gasteiger partial charge in [0.25, 0.3) is 0 Å². The van der Waals surface area contributed by atoms with E-state index in [0.29, 0.717) is 6.04 Å². The highest BCUT2D eigenvalue weighted by molar-refractivity contribution is 9.10. The lowest BCUT2D eigenvalue weighted by atomic mass is 10.2. The first kappa shape index (κ1) is 10.2. The van der Waals surface area contributed by atoms with Gasteiger partial charge in [0.15, 0.2) is 0 Å². The molecule has 1 saturated carbocycles. The van der Waals surface area contributed by atoms with E-state index in [-0.39, 0.29) is 0 Å². The van der Waals surface area contributed by atoms with Gasteiger partial charge in [-0.05, 0) is 47.8 Å². The van der Waals surface area contributed by atoms with Crippen LogP contribution in [0, 0.1) is 5.92 Å². The van der Waals surface area contributed by atoms with Gasteiger partial charge in [0.1, 0.15) is 5.76 Å². The van der Waals surface area contributed by atoms with Gasteiger partial charge in [-0.1, -0.05) is 12.8 Å². The van der Waals surface area contributed by atoms with Crippen LogP contribution < -0.4 is 5.32 Å². The van der Waals surface area contributed by atoms with Crippen LogP contribution in [0.25, 0.3) is 0 Å². The number of rotatable bonds is 5. The molecule has 1 N–H and O–H groups in total. The molecular weight excluding hydrogens is 242 g/mol. The highest BCUT2D eigenvalue weighted by Crippen LogP contribution is 2.32. The van der Waals surface area contributed by atoms with E-state index in [1.165, 1.54) is 19.3 Å². The van der Waals surface area contributed by atoms with E-state index in [1.54, 1.807) is 6.26 Å². The van der Waals surface area contributed by atoms with Crippen molar-refractivity contribution in [3.05, 3.63) is 22.6 Å². The Bertz CT molecular complexity index is 293. The fraction of sp³-hybridized carbons (Fsp3) is 0.636. The van der Waals surface area contributed by atoms with Crippen molar-refractivity contribution in [1.29, 1.82) is 0 Å². The van der Waals surface area contributed by atoms with Crippen molar-refractivity contribution in [2.45, 2.75) is 32.2 Å². The lowest BCUT2D eigenvalue weighted by molar-refractivity contribution is 0.423. The van der Waals surface area contributed by atoms with E-state index >= 15 is 0 Å². The third-order valence-corrected chi connectivity index (χ3v) is 3.39. The number of hydrogen-bond donors (Lipinski definition) is 1. The van der Waals surface area contributed by atoms with Crippen LogP contribution in [0.1, 0.15) is 38.0 Å². The molecule has 1 aromatic rings. The molecule has 3 heteroatoms. The molecule has 0 amide bonds. The van der Waals surface area contributed by atoms with Crippen molar-refractivity contribution in [3.63, 3.8) is 0 Å². The maximum atomic E-state index is 5.39. The summed E-state index contributed by atoms with van der Waals surface area (Å²) in [6, 6.07) is 2.24. The monoisotopic (exact) mass is 257 g/mol. The Morgan fingerprint density at radius 1 is 1.64 bits per heavy atom. The molecule has 1 fully saturated rings. The highest BCUT2D eigenvalue weighted by atomic mass is 79.9. The van der Waals surface area contributed by atoms with Crippen LogP contribution in [0.15, 0.2) is 21.2 Å². The van der Waals surface area contributed by atoms with Crippen LogP contribution in [-0.4, -0.2) is 6.54 Å². The van der Waals surface area contributed by atoms with Gasteiger partial charge in [-0.25, -0.2) is 0 Å². The number of nitrogens with one attached hydrogen (secondary N) is 1. The Labute approximate surface area is 93.2 Å². The van der Waals surface area contributed by atoms with E-state index in [1.807, 2.05) is 6.07 Å². The molecule has 0 aliphatic heterocycles. The lowest BCUT2D eigenvalue weighted by Gasteiger charge is -2.11. The maximum Gasteiger partial charge on any atom is 0.134 e. The predicted octanol–water partition coefficient (Wildman–Crippen LogP) is 3.49. The molecule has 1 aromatic heterocycles. The first-order valence-corrected chi connectivity index (χ1v) is 6.03. The van der Waals surface area contributed by atoms with Gasteiger partial charge in [-0.2, -0.15) is 0 Å². The molecule has 0 aromatic carbocycles. The van der Waals surface area contributed by atoms with Gasteiger partial charge < -0.3 is 9.73 Å². The van der Waals surface area contributed by atoms with Gasteiger partial charge in [0.2, 0.25) is 0 Å². The van der Waals surface area contributed by atoms with Gasteiger partial charge in [-0.3, -0.25) is 0 Å². The second-order valence-corrected chi connectivity index (χ2v) is 4.89. The summed E-state index contributed by atoms with van der Waals surface area (Å²) < 4.78 is 6.45. The summed E-state index contributed by atoms with van der Waals surface area (Å²) >= 11 is 3.47. The molecule has 1 heterocycles. The molecule has 1 atom stereocenters. The minimum Gasteiger partial charge on any atom is -0.466 e. The molecule has 1 aliphatic rings. The van der Waals surface area contributed by atoms with Gasteiger partial charge in [0, 0.05) is 0 Å². The van der Waals surface area contributed by atoms with Crippen molar-refractivity contribution in [1.82, 2.24) is 5.32 Å². The summed E-state index contributed by atoms with van der Waals surface area (Å²) in [7, 11) is 0. The quantitative estimate of drug-likeness (QED) is 0.874. The Morgan fingerprint density at radius 3 is 3.00 bits per heavy atom. The Hall–Kier alpha value is -0.280. The number of hydrogen-bond acceptors (Lipinski definition) is 2. The van der Waals surface area contributed by atoms with E-state index in [2.05, 4.69) is 28.2 Å². The summed E-state index contributed by atoms with van der Waals surface area (Å²) in [5, 5.41) is 3.47. The first-order chi connectivity index (χ1) is 6.77. The Kier molecular flexibility index (Phi) is 3.29. The molecule has 2 rings (SSSR count). The fourth-order valence-electron chi connectivity index (χ4n) is 1.62. The van der Waals surface area contributed by atoms with Crippen LogP contribution in [0.5, 0.6) is 0 Å². The summed E-state index contributed by atoms with van der Waals surface area (Å²) in [5.74, 6) is 2.00. The zero-order valence-corrected chi connectivity index (χ0v) is 10.0. The molecule has 0 spiro atoms. The van der Waals surface area contributed by atoms with Crippen molar-refractivity contribution in [3.8, 4) is 0 Å². The van der Waals surface area contributed by atoms with E-state index in [0.717, 1.165) is 22.7 Å². The molecule has 0 radical (unpaired) electrons. The van der Waals surface area contributed by atoms with Gasteiger partial charge in [-0.15, -0.1) is 0 Å². The van der Waals surface area contributed by atoms with Crippen LogP contribution in [0.2, 0.25) is 0 Å². The van der Waals surface area contributed by atoms with Crippen LogP contribution in [-0.2, 0) is 0 Å². The van der Waals surface area contributed by atoms with E-state index in [4.69, 9.17) is 4.42 Å². The van der Waals surface area contributed by atoms with Crippen LogP contribution in [0.3, 0.4) is 0 Å². The van der Waals surface area contributed by atoms with E-state index in [9.17, 15) is 0 Å². The SMILES string of the molecule is CC(NCCC1CC1)c1occc1Br. The topological polar surface area (TPSA) is 25.2 Å². The van der Waals surface area contributed by atoms with E-state index < -0.39 is 0 Å². The number of furan rings is 1. The summed E-state index contributed by atoms with van der Waals surface area (Å²) in [6.07, 6.45) is 5.89. The van der Waals surface area contributed by atoms with Crippen LogP contribution in [0.4, 0.5) is 0 Å². The zero-order chi connectivity index (χ0) is 9.97. The molecule has 0 saturated heterocycles. The van der Waals surface area contributed by atoms with Crippen LogP contribution >= 0.6 is 15.9 Å². The standard InChI is InChI=1S/C11H16BrNO/c1-8(11-10(12)5-7-14-11)13-6-4-9-2-3-9/h5,7-9,13H,2-4,6H2,1H3. The van der Waals surface area contributed by atoms with Crippen molar-refractivity contribution in [2.24, 2.45) is 5.92 Å². The summed E-state index contributed by atoms with van der Waals surface area (Å²) in [5.41, 5.74) is 0. The average molecular weight is 258 g/mol. The third kappa shape index (κ3) is 2.61. The predicted molar refractivity (Wildman–Crippen MR) is 60.2 cm³/mol. The normalized spacial score (nSPS) is 18.4. The maximum absolute atomic E-state index is 5.39. The molecule has 2 nitrogen and oxygen atoms in total. The second-order valence-electron chi connectivity index (χ2n) is 4.04. The third-order valence-electron chi connectivity index (χ3n) is 2.74. The lowest BCUT2D eigenvalue weighted by Crippen LogP contribution is -2.20. The molecule has 78 valence electrons. The molecule has 1 unspecified atom stereocenters. The molecule has 1 aliphatic carbocycles. The molecular formula is C11H16BrNO. The summed E-state index contributed by atoms with van der Waals surface area (Å²) in [6.45, 7) is 3.23. The minimum absolute atomic E-state index is 0.304. The zero-order valence-electron chi connectivity index (χ0n) is 8.42. The van der Waals surface area contributed by atoms with Crippen molar-refractivity contribution in [2.75, 3.05) is 6.54 Å². The van der Waals surface area contributed by atoms with Crippen molar-refractivity contribution < 1.29 is 4.42 Å². The average Bonchev–Trinajstić information content (AvgIpc) is 2.87. The second kappa shape index (κ2) is 4.49. The first-order valence-electron chi connectivity index (χ1n) is 5.23. The highest BCUT2D eigenvalue weighted by Gasteiger charge is 2.21. The largest absolute Gasteiger partial charge is 0.466 e. The number of halogens is 1.